The highest BCUT2D eigenvalue weighted by molar-refractivity contribution is 6.23. The van der Waals surface area contributed by atoms with Crippen LogP contribution in [0.15, 0.2) is 61.2 Å². The number of benzene rings is 2. The lowest BCUT2D eigenvalue weighted by Gasteiger charge is -2.54. The maximum atomic E-state index is 13.5. The molecule has 2 aromatic carbocycles. The first-order valence-corrected chi connectivity index (χ1v) is 20.1. The third-order valence-corrected chi connectivity index (χ3v) is 12.9. The van der Waals surface area contributed by atoms with E-state index in [0.717, 1.165) is 73.4 Å². The van der Waals surface area contributed by atoms with Gasteiger partial charge in [0.2, 0.25) is 11.8 Å². The second-order valence-corrected chi connectivity index (χ2v) is 16.8. The Bertz CT molecular complexity index is 2530. The monoisotopic (exact) mass is 784 g/mol. The molecule has 3 aromatic heterocycles. The molecule has 1 saturated carbocycles. The Hall–Kier alpha value is -6.16. The number of hydrogen-bond donors (Lipinski definition) is 2. The second-order valence-electron chi connectivity index (χ2n) is 16.8. The van der Waals surface area contributed by atoms with Gasteiger partial charge >= 0.3 is 0 Å². The molecule has 10 rings (SSSR count). The number of carbonyl (C=O) groups excluding carboxylic acids is 5. The van der Waals surface area contributed by atoms with Gasteiger partial charge in [0.15, 0.2) is 5.65 Å². The third kappa shape index (κ3) is 6.26. The van der Waals surface area contributed by atoms with Gasteiger partial charge in [-0.05, 0) is 82.2 Å². The number of nitrogens with one attached hydrogen (secondary N) is 2. The van der Waals surface area contributed by atoms with Crippen molar-refractivity contribution < 1.29 is 28.7 Å². The Morgan fingerprint density at radius 2 is 1.78 bits per heavy atom. The van der Waals surface area contributed by atoms with Gasteiger partial charge in [0.25, 0.3) is 17.7 Å². The van der Waals surface area contributed by atoms with Crippen LogP contribution in [0.3, 0.4) is 0 Å². The van der Waals surface area contributed by atoms with Crippen molar-refractivity contribution in [3.63, 3.8) is 0 Å². The molecule has 1 aliphatic carbocycles. The maximum Gasteiger partial charge on any atom is 0.262 e. The van der Waals surface area contributed by atoms with Gasteiger partial charge in [-0.15, -0.1) is 0 Å². The van der Waals surface area contributed by atoms with Crippen molar-refractivity contribution in [1.29, 1.82) is 0 Å². The highest BCUT2D eigenvalue weighted by Gasteiger charge is 2.47. The largest absolute Gasteiger partial charge is 0.491 e. The summed E-state index contributed by atoms with van der Waals surface area (Å²) in [4.78, 5) is 74.4. The molecule has 58 heavy (non-hydrogen) atoms. The van der Waals surface area contributed by atoms with E-state index in [1.165, 1.54) is 6.20 Å². The van der Waals surface area contributed by atoms with Crippen molar-refractivity contribution >= 4 is 57.5 Å². The summed E-state index contributed by atoms with van der Waals surface area (Å²) < 4.78 is 9.91. The number of carbonyl (C=O) groups is 5. The van der Waals surface area contributed by atoms with Gasteiger partial charge in [0, 0.05) is 79.8 Å². The first-order chi connectivity index (χ1) is 28.0. The predicted octanol–water partition coefficient (Wildman–Crippen LogP) is 4.07. The summed E-state index contributed by atoms with van der Waals surface area (Å²) in [5, 5.41) is 15.5. The number of hydrogen-bond acceptors (Lipinski definition) is 11. The van der Waals surface area contributed by atoms with E-state index in [-0.39, 0.29) is 35.9 Å². The molecular weight excluding hydrogens is 741 g/mol. The van der Waals surface area contributed by atoms with E-state index in [1.54, 1.807) is 35.1 Å². The zero-order valence-electron chi connectivity index (χ0n) is 32.4. The maximum absolute atomic E-state index is 13.5. The molecule has 4 fully saturated rings. The fourth-order valence-corrected chi connectivity index (χ4v) is 8.90. The van der Waals surface area contributed by atoms with Crippen LogP contribution in [-0.4, -0.2) is 108 Å². The van der Waals surface area contributed by atoms with Crippen LogP contribution in [0.1, 0.15) is 89.5 Å². The minimum atomic E-state index is -0.982. The lowest BCUT2D eigenvalue weighted by atomic mass is 9.78. The van der Waals surface area contributed by atoms with Crippen molar-refractivity contribution in [2.75, 3.05) is 43.0 Å². The topological polar surface area (TPSA) is 176 Å². The van der Waals surface area contributed by atoms with Crippen LogP contribution >= 0.6 is 0 Å². The molecule has 16 heteroatoms. The van der Waals surface area contributed by atoms with Crippen molar-refractivity contribution in [2.24, 2.45) is 11.8 Å². The summed E-state index contributed by atoms with van der Waals surface area (Å²) in [5.74, 6) is -0.775. The first-order valence-electron chi connectivity index (χ1n) is 20.1. The van der Waals surface area contributed by atoms with Gasteiger partial charge in [0.05, 0.1) is 41.2 Å². The summed E-state index contributed by atoms with van der Waals surface area (Å²) in [7, 11) is 0. The van der Waals surface area contributed by atoms with Crippen LogP contribution in [0.25, 0.3) is 16.6 Å². The molecule has 0 spiro atoms. The van der Waals surface area contributed by atoms with Crippen molar-refractivity contribution in [1.82, 2.24) is 39.5 Å². The van der Waals surface area contributed by atoms with Gasteiger partial charge in [-0.3, -0.25) is 43.8 Å². The first kappa shape index (κ1) is 36.2. The standard InChI is InChI=1S/C42H44N10O6/c1-42(2,26-21-48(22-26)28-6-7-29-30(17-28)41(57)52(40(29)56)34-8-9-36(53)46-39(34)55)49-14-10-27(11-15-49)51-20-25-16-33(35(18-32(25)47-51)58-23-24-4-5-24)45-38(54)31-19-44-50-13-3-12-43-37(31)50/h3,6-7,12-13,16-20,24,26-27,34H,4-5,8-11,14-15,21-23H2,1-2H3,(H,45,54)(H,46,53,55). The van der Waals surface area contributed by atoms with E-state index < -0.39 is 29.7 Å². The summed E-state index contributed by atoms with van der Waals surface area (Å²) in [6.45, 7) is 8.67. The van der Waals surface area contributed by atoms with Crippen molar-refractivity contribution in [3.8, 4) is 5.75 Å². The summed E-state index contributed by atoms with van der Waals surface area (Å²) >= 11 is 0. The number of likely N-dealkylation sites (tertiary alicyclic amines) is 1. The number of anilines is 2. The average Bonchev–Trinajstić information content (AvgIpc) is 3.68. The van der Waals surface area contributed by atoms with E-state index in [9.17, 15) is 24.0 Å². The van der Waals surface area contributed by atoms with Crippen molar-refractivity contribution in [3.05, 3.63) is 77.9 Å². The fourth-order valence-electron chi connectivity index (χ4n) is 8.90. The lowest BCUT2D eigenvalue weighted by molar-refractivity contribution is -0.136. The summed E-state index contributed by atoms with van der Waals surface area (Å²) in [6.07, 6.45) is 11.4. The number of nitrogens with zero attached hydrogens (tertiary/aromatic N) is 8. The number of amides is 5. The zero-order chi connectivity index (χ0) is 39.9. The normalized spacial score (nSPS) is 20.8. The van der Waals surface area contributed by atoms with E-state index in [2.05, 4.69) is 55.2 Å². The predicted molar refractivity (Wildman–Crippen MR) is 212 cm³/mol. The van der Waals surface area contributed by atoms with E-state index in [0.29, 0.717) is 46.7 Å². The average molecular weight is 785 g/mol. The fraction of sp³-hybridized carbons (Fsp3) is 0.429. The van der Waals surface area contributed by atoms with Crippen LogP contribution in [0, 0.1) is 11.8 Å². The number of rotatable bonds is 10. The molecule has 1 atom stereocenters. The second kappa shape index (κ2) is 13.7. The Balaban J connectivity index is 0.785. The van der Waals surface area contributed by atoms with Gasteiger partial charge in [0.1, 0.15) is 17.4 Å². The summed E-state index contributed by atoms with van der Waals surface area (Å²) in [6, 6.07) is 10.2. The van der Waals surface area contributed by atoms with Crippen LogP contribution < -0.4 is 20.3 Å². The molecular formula is C42H44N10O6. The molecule has 5 aromatic rings. The SMILES string of the molecule is CC(C)(C1CN(c2ccc3c(c2)C(=O)N(C2CCC(=O)NC2=O)C3=O)C1)N1CCC(n2cc3cc(NC(=O)c4cnn5cccnc45)c(OCC4CC4)cc3n2)CC1. The molecule has 1 unspecified atom stereocenters. The highest BCUT2D eigenvalue weighted by Crippen LogP contribution is 2.40. The summed E-state index contributed by atoms with van der Waals surface area (Å²) in [5.41, 5.74) is 3.66. The molecule has 5 amide bonds. The molecule has 4 aliphatic heterocycles. The lowest BCUT2D eigenvalue weighted by Crippen LogP contribution is -2.63. The minimum absolute atomic E-state index is 0.0706. The molecule has 5 aliphatic rings. The Morgan fingerprint density at radius 1 is 0.983 bits per heavy atom. The molecule has 0 radical (unpaired) electrons. The molecule has 0 bridgehead atoms. The Morgan fingerprint density at radius 3 is 2.55 bits per heavy atom. The third-order valence-electron chi connectivity index (χ3n) is 12.9. The number of imide groups is 2. The van der Waals surface area contributed by atoms with E-state index in [4.69, 9.17) is 9.84 Å². The molecule has 7 heterocycles. The van der Waals surface area contributed by atoms with Crippen LogP contribution in [0.4, 0.5) is 11.4 Å². The van der Waals surface area contributed by atoms with Crippen LogP contribution in [0.5, 0.6) is 5.75 Å². The van der Waals surface area contributed by atoms with Gasteiger partial charge in [-0.25, -0.2) is 9.50 Å². The number of piperidine rings is 2. The number of fused-ring (bicyclic) bond motifs is 3. The van der Waals surface area contributed by atoms with Gasteiger partial charge in [-0.2, -0.15) is 10.2 Å². The zero-order valence-corrected chi connectivity index (χ0v) is 32.4. The van der Waals surface area contributed by atoms with Crippen LogP contribution in [-0.2, 0) is 9.59 Å². The van der Waals surface area contributed by atoms with Crippen LogP contribution in [0.2, 0.25) is 0 Å². The Kier molecular flexibility index (Phi) is 8.58. The van der Waals surface area contributed by atoms with Crippen molar-refractivity contribution in [2.45, 2.75) is 70.0 Å². The molecule has 2 N–H and O–H groups in total. The minimum Gasteiger partial charge on any atom is -0.491 e. The molecule has 3 saturated heterocycles. The number of ether oxygens (including phenoxy) is 1. The smallest absolute Gasteiger partial charge is 0.262 e. The van der Waals surface area contributed by atoms with Gasteiger partial charge < -0.3 is 15.0 Å². The quantitative estimate of drug-likeness (QED) is 0.195. The van der Waals surface area contributed by atoms with E-state index >= 15 is 0 Å². The van der Waals surface area contributed by atoms with E-state index in [1.807, 2.05) is 18.2 Å². The Labute approximate surface area is 333 Å². The molecule has 298 valence electrons. The van der Waals surface area contributed by atoms with Gasteiger partial charge in [-0.1, -0.05) is 0 Å². The molecule has 16 nitrogen and oxygen atoms in total. The number of aromatic nitrogens is 5. The highest BCUT2D eigenvalue weighted by atomic mass is 16.5.